The fraction of sp³-hybridized carbons (Fsp3) is 0.0435. The molecule has 0 atom stereocenters. The summed E-state index contributed by atoms with van der Waals surface area (Å²) in [5, 5.41) is 21.3. The van der Waals surface area contributed by atoms with Crippen LogP contribution < -0.4 is 14.2 Å². The zero-order valence-corrected chi connectivity index (χ0v) is 19.6. The summed E-state index contributed by atoms with van der Waals surface area (Å²) in [4.78, 5) is 12.4. The van der Waals surface area contributed by atoms with Crippen LogP contribution in [0.15, 0.2) is 81.7 Å². The summed E-state index contributed by atoms with van der Waals surface area (Å²) in [5.41, 5.74) is 0.579. The van der Waals surface area contributed by atoms with E-state index in [-0.39, 0.29) is 32.2 Å². The summed E-state index contributed by atoms with van der Waals surface area (Å²) in [6.07, 6.45) is 1.32. The molecule has 0 heterocycles. The number of nitrogens with zero attached hydrogens (tertiary/aromatic N) is 1. The minimum Gasteiger partial charge on any atom is -0.508 e. The van der Waals surface area contributed by atoms with Crippen molar-refractivity contribution in [3.05, 3.63) is 82.3 Å². The molecule has 3 aromatic rings. The van der Waals surface area contributed by atoms with E-state index >= 15 is 0 Å². The Morgan fingerprint density at radius 2 is 1.79 bits per heavy atom. The van der Waals surface area contributed by atoms with Gasteiger partial charge in [0.1, 0.15) is 22.3 Å². The Morgan fingerprint density at radius 3 is 2.39 bits per heavy atom. The zero-order valence-electron chi connectivity index (χ0n) is 17.2. The lowest BCUT2D eigenvalue weighted by Gasteiger charge is -2.13. The molecule has 0 aliphatic rings. The van der Waals surface area contributed by atoms with Crippen LogP contribution in [0.3, 0.4) is 0 Å². The normalized spacial score (nSPS) is 11.4. The minimum absolute atomic E-state index is 0.0272. The van der Waals surface area contributed by atoms with Crippen molar-refractivity contribution in [3.63, 3.8) is 0 Å². The monoisotopic (exact) mass is 528 g/mol. The van der Waals surface area contributed by atoms with Gasteiger partial charge in [-0.3, -0.25) is 4.79 Å². The predicted octanol–water partition coefficient (Wildman–Crippen LogP) is 4.48. The van der Waals surface area contributed by atoms with Gasteiger partial charge in [0.15, 0.2) is 11.5 Å². The first-order valence-corrected chi connectivity index (χ1v) is 11.5. The van der Waals surface area contributed by atoms with Crippen LogP contribution in [0.2, 0.25) is 0 Å². The highest BCUT2D eigenvalue weighted by Gasteiger charge is 2.22. The van der Waals surface area contributed by atoms with Crippen LogP contribution in [0, 0.1) is 11.3 Å². The van der Waals surface area contributed by atoms with Gasteiger partial charge in [-0.25, -0.2) is 0 Å². The second-order valence-corrected chi connectivity index (χ2v) is 8.96. The van der Waals surface area contributed by atoms with Gasteiger partial charge in [0.2, 0.25) is 0 Å². The van der Waals surface area contributed by atoms with Gasteiger partial charge in [0, 0.05) is 5.69 Å². The fourth-order valence-electron chi connectivity index (χ4n) is 2.71. The molecule has 0 unspecified atom stereocenters. The van der Waals surface area contributed by atoms with Crippen molar-refractivity contribution in [1.29, 1.82) is 5.26 Å². The van der Waals surface area contributed by atoms with Gasteiger partial charge in [0.25, 0.3) is 5.91 Å². The average molecular weight is 529 g/mol. The molecule has 168 valence electrons. The molecule has 0 radical (unpaired) electrons. The van der Waals surface area contributed by atoms with Crippen LogP contribution in [0.5, 0.6) is 17.2 Å². The first kappa shape index (κ1) is 23.8. The van der Waals surface area contributed by atoms with E-state index in [1.54, 1.807) is 18.2 Å². The number of halogens is 1. The lowest BCUT2D eigenvalue weighted by atomic mass is 10.1. The van der Waals surface area contributed by atoms with Crippen molar-refractivity contribution >= 4 is 43.7 Å². The van der Waals surface area contributed by atoms with E-state index in [1.807, 2.05) is 6.07 Å². The molecule has 33 heavy (non-hydrogen) atoms. The first-order chi connectivity index (χ1) is 15.7. The molecule has 3 rings (SSSR count). The van der Waals surface area contributed by atoms with Crippen molar-refractivity contribution in [2.45, 2.75) is 4.90 Å². The van der Waals surface area contributed by atoms with Crippen LogP contribution in [0.4, 0.5) is 5.69 Å². The topological polar surface area (TPSA) is 126 Å². The molecular weight excluding hydrogens is 512 g/mol. The largest absolute Gasteiger partial charge is 0.508 e. The molecule has 8 nitrogen and oxygen atoms in total. The number of ether oxygens (including phenoxy) is 1. The number of carbonyl (C=O) groups is 1. The molecule has 0 fully saturated rings. The maximum Gasteiger partial charge on any atom is 0.339 e. The lowest BCUT2D eigenvalue weighted by Crippen LogP contribution is -2.13. The van der Waals surface area contributed by atoms with E-state index in [2.05, 4.69) is 21.2 Å². The van der Waals surface area contributed by atoms with Gasteiger partial charge in [-0.1, -0.05) is 18.2 Å². The van der Waals surface area contributed by atoms with Gasteiger partial charge < -0.3 is 19.3 Å². The minimum atomic E-state index is -4.12. The predicted molar refractivity (Wildman–Crippen MR) is 125 cm³/mol. The van der Waals surface area contributed by atoms with Gasteiger partial charge in [0.05, 0.1) is 11.6 Å². The van der Waals surface area contributed by atoms with Crippen LogP contribution in [0.1, 0.15) is 5.56 Å². The van der Waals surface area contributed by atoms with Crippen LogP contribution in [-0.4, -0.2) is 26.5 Å². The molecular formula is C23H17BrN2O6S. The number of nitrogens with one attached hydrogen (secondary N) is 1. The van der Waals surface area contributed by atoms with Crippen molar-refractivity contribution in [2.24, 2.45) is 0 Å². The molecule has 10 heteroatoms. The van der Waals surface area contributed by atoms with E-state index in [4.69, 9.17) is 8.92 Å². The molecule has 0 spiro atoms. The maximum atomic E-state index is 12.6. The summed E-state index contributed by atoms with van der Waals surface area (Å²) in [6, 6.07) is 18.2. The Kier molecular flexibility index (Phi) is 7.37. The molecule has 0 saturated heterocycles. The number of benzene rings is 3. The Hall–Kier alpha value is -3.81. The number of phenolic OH excluding ortho intramolecular Hbond substituents is 1. The summed E-state index contributed by atoms with van der Waals surface area (Å²) in [7, 11) is -2.79. The molecule has 0 saturated carbocycles. The van der Waals surface area contributed by atoms with Crippen LogP contribution >= 0.6 is 15.9 Å². The Balaban J connectivity index is 1.90. The van der Waals surface area contributed by atoms with E-state index in [0.717, 1.165) is 0 Å². The van der Waals surface area contributed by atoms with E-state index in [0.29, 0.717) is 11.3 Å². The molecule has 2 N–H and O–H groups in total. The summed E-state index contributed by atoms with van der Waals surface area (Å²) in [5.74, 6) is -0.625. The molecule has 0 aromatic heterocycles. The number of carbonyl (C=O) groups excluding carboxylic acids is 1. The number of hydrogen-bond acceptors (Lipinski definition) is 7. The number of nitriles is 1. The average Bonchev–Trinajstić information content (AvgIpc) is 2.80. The summed E-state index contributed by atoms with van der Waals surface area (Å²) < 4.78 is 36.0. The Morgan fingerprint density at radius 1 is 1.12 bits per heavy atom. The number of phenols is 1. The van der Waals surface area contributed by atoms with E-state index in [1.165, 1.54) is 61.7 Å². The SMILES string of the molecule is COc1cc(/C=C(\C#N)C(=O)Nc2ccc(O)cc2)cc(Br)c1OS(=O)(=O)c1ccccc1. The zero-order chi connectivity index (χ0) is 24.0. The summed E-state index contributed by atoms with van der Waals surface area (Å²) in [6.45, 7) is 0. The Bertz CT molecular complexity index is 1350. The fourth-order valence-corrected chi connectivity index (χ4v) is 4.33. The first-order valence-electron chi connectivity index (χ1n) is 9.33. The molecule has 0 bridgehead atoms. The highest BCUT2D eigenvalue weighted by molar-refractivity contribution is 9.10. The lowest BCUT2D eigenvalue weighted by molar-refractivity contribution is -0.112. The number of anilines is 1. The van der Waals surface area contributed by atoms with Gasteiger partial charge in [-0.2, -0.15) is 13.7 Å². The van der Waals surface area contributed by atoms with Crippen molar-refractivity contribution in [3.8, 4) is 23.3 Å². The standard InChI is InChI=1S/C23H17BrN2O6S/c1-31-21-13-15(11-16(14-25)23(28)26-17-7-9-18(27)10-8-17)12-20(24)22(21)32-33(29,30)19-5-3-2-4-6-19/h2-13,27H,1H3,(H,26,28)/b16-11+. The van der Waals surface area contributed by atoms with E-state index in [9.17, 15) is 23.6 Å². The third-order valence-electron chi connectivity index (χ3n) is 4.28. The van der Waals surface area contributed by atoms with Gasteiger partial charge >= 0.3 is 10.1 Å². The summed E-state index contributed by atoms with van der Waals surface area (Å²) >= 11 is 3.27. The number of amides is 1. The number of hydrogen-bond donors (Lipinski definition) is 2. The number of methoxy groups -OCH3 is 1. The third-order valence-corrected chi connectivity index (χ3v) is 6.10. The second kappa shape index (κ2) is 10.2. The Labute approximate surface area is 199 Å². The molecule has 0 aliphatic heterocycles. The third kappa shape index (κ3) is 5.91. The van der Waals surface area contributed by atoms with Crippen molar-refractivity contribution in [2.75, 3.05) is 12.4 Å². The van der Waals surface area contributed by atoms with Gasteiger partial charge in [-0.05, 0) is 76.1 Å². The van der Waals surface area contributed by atoms with Gasteiger partial charge in [-0.15, -0.1) is 0 Å². The van der Waals surface area contributed by atoms with Crippen molar-refractivity contribution in [1.82, 2.24) is 0 Å². The molecule has 3 aromatic carbocycles. The highest BCUT2D eigenvalue weighted by atomic mass is 79.9. The van der Waals surface area contributed by atoms with Crippen LogP contribution in [-0.2, 0) is 14.9 Å². The number of aromatic hydroxyl groups is 1. The molecule has 0 aliphatic carbocycles. The second-order valence-electron chi connectivity index (χ2n) is 6.56. The smallest absolute Gasteiger partial charge is 0.339 e. The van der Waals surface area contributed by atoms with Crippen LogP contribution in [0.25, 0.3) is 6.08 Å². The van der Waals surface area contributed by atoms with Crippen molar-refractivity contribution < 1.29 is 27.2 Å². The van der Waals surface area contributed by atoms with E-state index < -0.39 is 16.0 Å². The maximum absolute atomic E-state index is 12.6. The molecule has 1 amide bonds. The number of rotatable bonds is 7. The quantitative estimate of drug-likeness (QED) is 0.200. The highest BCUT2D eigenvalue weighted by Crippen LogP contribution is 2.39.